The molecule has 0 bridgehead atoms. The van der Waals surface area contributed by atoms with Crippen LogP contribution >= 0.6 is 27.3 Å². The number of thiazole rings is 1. The zero-order chi connectivity index (χ0) is 16.0. The molecule has 0 radical (unpaired) electrons. The van der Waals surface area contributed by atoms with E-state index in [2.05, 4.69) is 20.3 Å². The first-order valence-electron chi connectivity index (χ1n) is 6.98. The molecule has 0 atom stereocenters. The van der Waals surface area contributed by atoms with E-state index in [9.17, 15) is 4.79 Å². The molecular formula is C17H11BrN2O2S. The highest BCUT2D eigenvalue weighted by Gasteiger charge is 2.11. The van der Waals surface area contributed by atoms with Gasteiger partial charge in [-0.3, -0.25) is 9.20 Å². The number of imidazole rings is 1. The van der Waals surface area contributed by atoms with Crippen LogP contribution < -0.4 is 0 Å². The molecule has 0 saturated heterocycles. The highest BCUT2D eigenvalue weighted by Crippen LogP contribution is 2.30. The Labute approximate surface area is 144 Å². The minimum Gasteiger partial charge on any atom is -0.481 e. The maximum Gasteiger partial charge on any atom is 0.307 e. The minimum atomic E-state index is -0.816. The maximum absolute atomic E-state index is 10.8. The lowest BCUT2D eigenvalue weighted by atomic mass is 10.1. The van der Waals surface area contributed by atoms with Gasteiger partial charge in [-0.2, -0.15) is 0 Å². The van der Waals surface area contributed by atoms with E-state index in [0.29, 0.717) is 0 Å². The summed E-state index contributed by atoms with van der Waals surface area (Å²) in [6.45, 7) is 0. The van der Waals surface area contributed by atoms with Crippen molar-refractivity contribution in [3.05, 3.63) is 58.7 Å². The number of hydrogen-bond donors (Lipinski definition) is 1. The molecule has 4 nitrogen and oxygen atoms in total. The number of rotatable bonds is 3. The largest absolute Gasteiger partial charge is 0.481 e. The van der Waals surface area contributed by atoms with E-state index in [1.807, 2.05) is 48.7 Å². The number of nitrogens with zero attached hydrogens (tertiary/aromatic N) is 2. The Morgan fingerprint density at radius 2 is 2.00 bits per heavy atom. The summed E-state index contributed by atoms with van der Waals surface area (Å²) < 4.78 is 4.15. The Kier molecular flexibility index (Phi) is 3.43. The van der Waals surface area contributed by atoms with Gasteiger partial charge in [-0.05, 0) is 29.8 Å². The lowest BCUT2D eigenvalue weighted by Crippen LogP contribution is -1.99. The minimum absolute atomic E-state index is 0.0420. The maximum atomic E-state index is 10.8. The van der Waals surface area contributed by atoms with E-state index in [-0.39, 0.29) is 6.42 Å². The van der Waals surface area contributed by atoms with Crippen LogP contribution in [0.1, 0.15) is 5.56 Å². The van der Waals surface area contributed by atoms with Gasteiger partial charge >= 0.3 is 5.97 Å². The standard InChI is InChI=1S/C17H11BrN2O2S/c18-12-4-2-11(3-5-12)13-9-20-14-6-1-10(8-16(21)22)7-15(14)23-17(20)19-13/h1-7,9H,8H2,(H,21,22). The highest BCUT2D eigenvalue weighted by molar-refractivity contribution is 9.10. The molecule has 0 aliphatic rings. The number of hydrogen-bond acceptors (Lipinski definition) is 3. The smallest absolute Gasteiger partial charge is 0.307 e. The second kappa shape index (κ2) is 5.47. The molecule has 0 fully saturated rings. The van der Waals surface area contributed by atoms with Crippen molar-refractivity contribution in [2.75, 3.05) is 0 Å². The predicted molar refractivity (Wildman–Crippen MR) is 95.1 cm³/mol. The molecule has 0 amide bonds. The van der Waals surface area contributed by atoms with E-state index >= 15 is 0 Å². The summed E-state index contributed by atoms with van der Waals surface area (Å²) in [6.07, 6.45) is 2.06. The lowest BCUT2D eigenvalue weighted by molar-refractivity contribution is -0.136. The summed E-state index contributed by atoms with van der Waals surface area (Å²) in [5.74, 6) is -0.816. The topological polar surface area (TPSA) is 54.6 Å². The Balaban J connectivity index is 1.80. The SMILES string of the molecule is O=C(O)Cc1ccc2c(c1)sc1nc(-c3ccc(Br)cc3)cn12. The fourth-order valence-corrected chi connectivity index (χ4v) is 3.93. The molecule has 23 heavy (non-hydrogen) atoms. The van der Waals surface area contributed by atoms with Crippen LogP contribution in [-0.4, -0.2) is 20.5 Å². The molecule has 2 heterocycles. The fraction of sp³-hybridized carbons (Fsp3) is 0.0588. The third kappa shape index (κ3) is 2.64. The Bertz CT molecular complexity index is 1030. The summed E-state index contributed by atoms with van der Waals surface area (Å²) in [5.41, 5.74) is 3.86. The van der Waals surface area contributed by atoms with Gasteiger partial charge in [0.15, 0.2) is 4.96 Å². The molecule has 0 saturated carbocycles. The molecule has 2 aromatic heterocycles. The van der Waals surface area contributed by atoms with E-state index in [0.717, 1.165) is 36.5 Å². The van der Waals surface area contributed by atoms with Gasteiger partial charge in [0.05, 0.1) is 22.3 Å². The Morgan fingerprint density at radius 1 is 1.22 bits per heavy atom. The van der Waals surface area contributed by atoms with Gasteiger partial charge in [-0.25, -0.2) is 4.98 Å². The van der Waals surface area contributed by atoms with Crippen molar-refractivity contribution in [1.29, 1.82) is 0 Å². The van der Waals surface area contributed by atoms with E-state index in [4.69, 9.17) is 10.1 Å². The van der Waals surface area contributed by atoms with E-state index in [1.165, 1.54) is 0 Å². The molecule has 6 heteroatoms. The summed E-state index contributed by atoms with van der Waals surface area (Å²) in [5, 5.41) is 8.90. The number of carboxylic acid groups (broad SMARTS) is 1. The van der Waals surface area contributed by atoms with Crippen molar-refractivity contribution in [3.8, 4) is 11.3 Å². The highest BCUT2D eigenvalue weighted by atomic mass is 79.9. The van der Waals surface area contributed by atoms with Gasteiger partial charge in [0, 0.05) is 16.2 Å². The van der Waals surface area contributed by atoms with Gasteiger partial charge < -0.3 is 5.11 Å². The number of halogens is 1. The Hall–Kier alpha value is -2.18. The number of aliphatic carboxylic acids is 1. The van der Waals surface area contributed by atoms with Gasteiger partial charge in [-0.15, -0.1) is 0 Å². The van der Waals surface area contributed by atoms with Crippen LogP contribution in [0.25, 0.3) is 26.4 Å². The molecule has 114 valence electrons. The molecule has 0 aliphatic carbocycles. The fourth-order valence-electron chi connectivity index (χ4n) is 2.59. The average molecular weight is 387 g/mol. The van der Waals surface area contributed by atoms with E-state index in [1.54, 1.807) is 11.3 Å². The van der Waals surface area contributed by atoms with Crippen molar-refractivity contribution in [3.63, 3.8) is 0 Å². The van der Waals surface area contributed by atoms with Crippen molar-refractivity contribution in [2.45, 2.75) is 6.42 Å². The Morgan fingerprint density at radius 3 is 2.74 bits per heavy atom. The molecule has 2 aromatic carbocycles. The zero-order valence-electron chi connectivity index (χ0n) is 11.9. The predicted octanol–water partition coefficient (Wildman–Crippen LogP) is 4.61. The molecule has 0 aliphatic heterocycles. The summed E-state index contributed by atoms with van der Waals surface area (Å²) in [4.78, 5) is 16.4. The van der Waals surface area contributed by atoms with Crippen LogP contribution in [0.4, 0.5) is 0 Å². The normalized spacial score (nSPS) is 11.3. The van der Waals surface area contributed by atoms with Crippen molar-refractivity contribution < 1.29 is 9.90 Å². The second-order valence-electron chi connectivity index (χ2n) is 5.26. The summed E-state index contributed by atoms with van der Waals surface area (Å²) in [6, 6.07) is 13.8. The monoisotopic (exact) mass is 386 g/mol. The van der Waals surface area contributed by atoms with Gasteiger partial charge in [0.25, 0.3) is 0 Å². The first kappa shape index (κ1) is 14.4. The van der Waals surface area contributed by atoms with Crippen LogP contribution in [0, 0.1) is 0 Å². The van der Waals surface area contributed by atoms with Gasteiger partial charge in [-0.1, -0.05) is 45.5 Å². The zero-order valence-corrected chi connectivity index (χ0v) is 14.3. The van der Waals surface area contributed by atoms with Crippen molar-refractivity contribution in [2.24, 2.45) is 0 Å². The van der Waals surface area contributed by atoms with Gasteiger partial charge in [0.1, 0.15) is 0 Å². The lowest BCUT2D eigenvalue weighted by Gasteiger charge is -1.98. The molecule has 4 aromatic rings. The van der Waals surface area contributed by atoms with Crippen molar-refractivity contribution >= 4 is 48.4 Å². The average Bonchev–Trinajstić information content (AvgIpc) is 3.04. The van der Waals surface area contributed by atoms with Crippen LogP contribution in [0.5, 0.6) is 0 Å². The first-order chi connectivity index (χ1) is 11.1. The van der Waals surface area contributed by atoms with Crippen LogP contribution in [0.3, 0.4) is 0 Å². The number of fused-ring (bicyclic) bond motifs is 3. The number of aromatic nitrogens is 2. The molecule has 4 rings (SSSR count). The third-order valence-corrected chi connectivity index (χ3v) is 5.20. The first-order valence-corrected chi connectivity index (χ1v) is 8.59. The van der Waals surface area contributed by atoms with Crippen LogP contribution in [0.2, 0.25) is 0 Å². The molecule has 1 N–H and O–H groups in total. The van der Waals surface area contributed by atoms with E-state index < -0.39 is 5.97 Å². The van der Waals surface area contributed by atoms with Crippen molar-refractivity contribution in [1.82, 2.24) is 9.38 Å². The van der Waals surface area contributed by atoms with Crippen LogP contribution in [-0.2, 0) is 11.2 Å². The molecule has 0 spiro atoms. The quantitative estimate of drug-likeness (QED) is 0.559. The van der Waals surface area contributed by atoms with Gasteiger partial charge in [0.2, 0.25) is 0 Å². The number of carbonyl (C=O) groups is 1. The number of benzene rings is 2. The number of carboxylic acids is 1. The van der Waals surface area contributed by atoms with Crippen LogP contribution in [0.15, 0.2) is 53.1 Å². The third-order valence-electron chi connectivity index (χ3n) is 3.65. The molecular weight excluding hydrogens is 376 g/mol. The summed E-state index contributed by atoms with van der Waals surface area (Å²) in [7, 11) is 0. The molecule has 0 unspecified atom stereocenters. The second-order valence-corrected chi connectivity index (χ2v) is 7.19. The summed E-state index contributed by atoms with van der Waals surface area (Å²) >= 11 is 5.01.